The second-order valence-electron chi connectivity index (χ2n) is 4.97. The summed E-state index contributed by atoms with van der Waals surface area (Å²) in [7, 11) is 0. The molecular weight excluding hydrogens is 212 g/mol. The fourth-order valence-electron chi connectivity index (χ4n) is 1.38. The molecular formula is C14H22N2O. The van der Waals surface area contributed by atoms with Crippen LogP contribution in [0.1, 0.15) is 39.7 Å². The van der Waals surface area contributed by atoms with E-state index >= 15 is 0 Å². The summed E-state index contributed by atoms with van der Waals surface area (Å²) in [6, 6.07) is 7.92. The van der Waals surface area contributed by atoms with Gasteiger partial charge in [0.2, 0.25) is 5.91 Å². The van der Waals surface area contributed by atoms with E-state index in [1.165, 1.54) is 12.5 Å². The van der Waals surface area contributed by atoms with Crippen molar-refractivity contribution in [1.82, 2.24) is 5.32 Å². The first kappa shape index (κ1) is 13.7. The lowest BCUT2D eigenvalue weighted by molar-refractivity contribution is -0.114. The van der Waals surface area contributed by atoms with Crippen molar-refractivity contribution in [2.24, 2.45) is 0 Å². The van der Waals surface area contributed by atoms with Crippen LogP contribution in [0.2, 0.25) is 0 Å². The number of hydrogen-bond donors (Lipinski definition) is 2. The Morgan fingerprint density at radius 2 is 1.82 bits per heavy atom. The monoisotopic (exact) mass is 234 g/mol. The molecule has 1 amide bonds. The van der Waals surface area contributed by atoms with Crippen molar-refractivity contribution in [1.29, 1.82) is 0 Å². The molecule has 0 fully saturated rings. The van der Waals surface area contributed by atoms with Crippen LogP contribution < -0.4 is 10.6 Å². The van der Waals surface area contributed by atoms with Crippen LogP contribution in [-0.2, 0) is 11.3 Å². The molecule has 1 aromatic rings. The van der Waals surface area contributed by atoms with Gasteiger partial charge in [-0.05, 0) is 38.0 Å². The molecule has 0 aliphatic rings. The lowest BCUT2D eigenvalue weighted by atomic mass is 10.0. The number of hydrogen-bond acceptors (Lipinski definition) is 2. The number of benzene rings is 1. The molecule has 1 aromatic carbocycles. The van der Waals surface area contributed by atoms with E-state index in [0.29, 0.717) is 0 Å². The summed E-state index contributed by atoms with van der Waals surface area (Å²) in [4.78, 5) is 10.9. The van der Waals surface area contributed by atoms with Gasteiger partial charge >= 0.3 is 0 Å². The highest BCUT2D eigenvalue weighted by Gasteiger charge is 2.12. The van der Waals surface area contributed by atoms with E-state index in [2.05, 4.69) is 31.4 Å². The molecule has 0 aromatic heterocycles. The first-order valence-corrected chi connectivity index (χ1v) is 6.04. The van der Waals surface area contributed by atoms with Gasteiger partial charge in [0, 0.05) is 24.7 Å². The molecule has 0 radical (unpaired) electrons. The predicted octanol–water partition coefficient (Wildman–Crippen LogP) is 2.92. The maximum absolute atomic E-state index is 10.9. The van der Waals surface area contributed by atoms with Crippen LogP contribution in [0, 0.1) is 0 Å². The minimum absolute atomic E-state index is 0.0389. The van der Waals surface area contributed by atoms with Gasteiger partial charge in [0.15, 0.2) is 0 Å². The van der Waals surface area contributed by atoms with Crippen molar-refractivity contribution >= 4 is 11.6 Å². The average Bonchev–Trinajstić information content (AvgIpc) is 2.28. The minimum Gasteiger partial charge on any atom is -0.326 e. The van der Waals surface area contributed by atoms with E-state index in [9.17, 15) is 4.79 Å². The summed E-state index contributed by atoms with van der Waals surface area (Å²) in [6.07, 6.45) is 1.09. The van der Waals surface area contributed by atoms with Crippen molar-refractivity contribution in [3.8, 4) is 0 Å². The van der Waals surface area contributed by atoms with Gasteiger partial charge in [0.05, 0.1) is 0 Å². The molecule has 0 saturated carbocycles. The number of amides is 1. The lowest BCUT2D eigenvalue weighted by Gasteiger charge is -2.24. The zero-order valence-electron chi connectivity index (χ0n) is 11.1. The third-order valence-corrected chi connectivity index (χ3v) is 2.93. The minimum atomic E-state index is -0.0389. The van der Waals surface area contributed by atoms with Crippen LogP contribution in [0.25, 0.3) is 0 Å². The molecule has 1 rings (SSSR count). The summed E-state index contributed by atoms with van der Waals surface area (Å²) in [5.74, 6) is -0.0389. The van der Waals surface area contributed by atoms with Crippen molar-refractivity contribution < 1.29 is 4.79 Å². The van der Waals surface area contributed by atoms with Gasteiger partial charge in [0.25, 0.3) is 0 Å². The van der Waals surface area contributed by atoms with Gasteiger partial charge in [-0.15, -0.1) is 0 Å². The zero-order chi connectivity index (χ0) is 12.9. The first-order chi connectivity index (χ1) is 7.93. The van der Waals surface area contributed by atoms with Crippen LogP contribution in [-0.4, -0.2) is 11.4 Å². The molecule has 0 spiro atoms. The van der Waals surface area contributed by atoms with Gasteiger partial charge in [-0.25, -0.2) is 0 Å². The van der Waals surface area contributed by atoms with Crippen molar-refractivity contribution in [3.63, 3.8) is 0 Å². The molecule has 0 aliphatic heterocycles. The Bertz CT molecular complexity index is 368. The van der Waals surface area contributed by atoms with E-state index in [0.717, 1.165) is 18.7 Å². The van der Waals surface area contributed by atoms with Gasteiger partial charge < -0.3 is 10.6 Å². The molecule has 3 nitrogen and oxygen atoms in total. The molecule has 94 valence electrons. The number of nitrogens with one attached hydrogen (secondary N) is 2. The number of anilines is 1. The van der Waals surface area contributed by atoms with Crippen molar-refractivity contribution in [2.45, 2.75) is 46.2 Å². The van der Waals surface area contributed by atoms with Crippen LogP contribution in [0.4, 0.5) is 5.69 Å². The Morgan fingerprint density at radius 1 is 1.24 bits per heavy atom. The molecule has 0 unspecified atom stereocenters. The fraction of sp³-hybridized carbons (Fsp3) is 0.500. The SMILES string of the molecule is CCC(C)(C)NCc1ccc(NC(C)=O)cc1. The van der Waals surface area contributed by atoms with E-state index in [-0.39, 0.29) is 11.4 Å². The Labute approximate surface area is 104 Å². The molecule has 0 bridgehead atoms. The van der Waals surface area contributed by atoms with E-state index in [1.807, 2.05) is 24.3 Å². The van der Waals surface area contributed by atoms with E-state index in [1.54, 1.807) is 0 Å². The highest BCUT2D eigenvalue weighted by atomic mass is 16.1. The Hall–Kier alpha value is -1.35. The molecule has 3 heteroatoms. The maximum atomic E-state index is 10.9. The smallest absolute Gasteiger partial charge is 0.221 e. The second kappa shape index (κ2) is 5.82. The Kier molecular flexibility index (Phi) is 4.70. The molecule has 0 aliphatic carbocycles. The molecule has 0 saturated heterocycles. The molecule has 2 N–H and O–H groups in total. The molecule has 0 heterocycles. The number of carbonyl (C=O) groups excluding carboxylic acids is 1. The predicted molar refractivity (Wildman–Crippen MR) is 72.0 cm³/mol. The number of rotatable bonds is 5. The summed E-state index contributed by atoms with van der Waals surface area (Å²) >= 11 is 0. The second-order valence-corrected chi connectivity index (χ2v) is 4.97. The summed E-state index contributed by atoms with van der Waals surface area (Å²) < 4.78 is 0. The van der Waals surface area contributed by atoms with Crippen LogP contribution in [0.5, 0.6) is 0 Å². The summed E-state index contributed by atoms with van der Waals surface area (Å²) in [5, 5.41) is 6.25. The Balaban J connectivity index is 2.54. The quantitative estimate of drug-likeness (QED) is 0.822. The third-order valence-electron chi connectivity index (χ3n) is 2.93. The number of carbonyl (C=O) groups is 1. The topological polar surface area (TPSA) is 41.1 Å². The van der Waals surface area contributed by atoms with Crippen molar-refractivity contribution in [2.75, 3.05) is 5.32 Å². The lowest BCUT2D eigenvalue weighted by Crippen LogP contribution is -2.37. The van der Waals surface area contributed by atoms with Crippen molar-refractivity contribution in [3.05, 3.63) is 29.8 Å². The van der Waals surface area contributed by atoms with E-state index in [4.69, 9.17) is 0 Å². The standard InChI is InChI=1S/C14H22N2O/c1-5-14(3,4)15-10-12-6-8-13(9-7-12)16-11(2)17/h6-9,15H,5,10H2,1-4H3,(H,16,17). The van der Waals surface area contributed by atoms with Gasteiger partial charge in [-0.3, -0.25) is 4.79 Å². The van der Waals surface area contributed by atoms with Crippen LogP contribution in [0.15, 0.2) is 24.3 Å². The Morgan fingerprint density at radius 3 is 2.29 bits per heavy atom. The largest absolute Gasteiger partial charge is 0.326 e. The average molecular weight is 234 g/mol. The summed E-state index contributed by atoms with van der Waals surface area (Å²) in [6.45, 7) is 8.92. The van der Waals surface area contributed by atoms with Crippen LogP contribution >= 0.6 is 0 Å². The summed E-state index contributed by atoms with van der Waals surface area (Å²) in [5.41, 5.74) is 2.23. The highest BCUT2D eigenvalue weighted by Crippen LogP contribution is 2.12. The molecule has 0 atom stereocenters. The highest BCUT2D eigenvalue weighted by molar-refractivity contribution is 5.88. The van der Waals surface area contributed by atoms with Gasteiger partial charge in [-0.1, -0.05) is 19.1 Å². The van der Waals surface area contributed by atoms with Crippen LogP contribution in [0.3, 0.4) is 0 Å². The normalized spacial score (nSPS) is 11.3. The van der Waals surface area contributed by atoms with E-state index < -0.39 is 0 Å². The van der Waals surface area contributed by atoms with Gasteiger partial charge in [0.1, 0.15) is 0 Å². The van der Waals surface area contributed by atoms with Gasteiger partial charge in [-0.2, -0.15) is 0 Å². The zero-order valence-corrected chi connectivity index (χ0v) is 11.1. The molecule has 17 heavy (non-hydrogen) atoms. The maximum Gasteiger partial charge on any atom is 0.221 e. The first-order valence-electron chi connectivity index (χ1n) is 6.04. The third kappa shape index (κ3) is 5.00. The fourth-order valence-corrected chi connectivity index (χ4v) is 1.38.